The van der Waals surface area contributed by atoms with Gasteiger partial charge in [-0.15, -0.1) is 0 Å². The number of carbonyl (C=O) groups excluding carboxylic acids is 1. The number of halogens is 4. The standard InChI is InChI=1S/C31H36ClN3O5S.C2HF3O2/c32-23-7-10-26(11-8-23)40-28-19-30(31(36)34-15-13-24(33)14-16-34)35(20-28)41(37,38)29-12-6-21-17-27(9-5-22(21)18-29)39-25-3-1-2-4-25;3-2(4,5)1(6)7/h5-12,17-18,24-25,28,30H,1-4,13-16,19-20,33H2;(H,6,7)/t28-,30+;/m1./s1. The number of hydrogen-bond donors (Lipinski definition) is 2. The van der Waals surface area contributed by atoms with Crippen LogP contribution in [0.1, 0.15) is 44.9 Å². The summed E-state index contributed by atoms with van der Waals surface area (Å²) in [6, 6.07) is 17.0. The number of nitrogens with two attached hydrogens (primary N) is 1. The average Bonchev–Trinajstić information content (AvgIpc) is 3.72. The first-order chi connectivity index (χ1) is 22.7. The van der Waals surface area contributed by atoms with Crippen molar-refractivity contribution in [3.8, 4) is 11.5 Å². The van der Waals surface area contributed by atoms with E-state index in [9.17, 15) is 26.4 Å². The van der Waals surface area contributed by atoms with Gasteiger partial charge in [0.05, 0.1) is 17.5 Å². The fourth-order valence-corrected chi connectivity index (χ4v) is 7.94. The predicted octanol–water partition coefficient (Wildman–Crippen LogP) is 5.61. The van der Waals surface area contributed by atoms with Gasteiger partial charge in [0.1, 0.15) is 23.6 Å². The number of fused-ring (bicyclic) bond motifs is 1. The highest BCUT2D eigenvalue weighted by Crippen LogP contribution is 2.33. The van der Waals surface area contributed by atoms with Gasteiger partial charge < -0.3 is 25.2 Å². The van der Waals surface area contributed by atoms with Crippen molar-refractivity contribution in [2.45, 2.75) is 80.3 Å². The highest BCUT2D eigenvalue weighted by Gasteiger charge is 2.46. The van der Waals surface area contributed by atoms with Gasteiger partial charge in [-0.3, -0.25) is 4.79 Å². The number of benzene rings is 3. The Hall–Kier alpha value is -3.59. The van der Waals surface area contributed by atoms with Crippen molar-refractivity contribution >= 4 is 44.3 Å². The summed E-state index contributed by atoms with van der Waals surface area (Å²) in [6.45, 7) is 1.11. The molecule has 48 heavy (non-hydrogen) atoms. The van der Waals surface area contributed by atoms with Gasteiger partial charge in [0.15, 0.2) is 0 Å². The highest BCUT2D eigenvalue weighted by molar-refractivity contribution is 7.89. The van der Waals surface area contributed by atoms with Gasteiger partial charge in [-0.05, 0) is 97.8 Å². The number of carbonyl (C=O) groups is 2. The van der Waals surface area contributed by atoms with Crippen molar-refractivity contribution in [3.05, 3.63) is 65.7 Å². The zero-order valence-corrected chi connectivity index (χ0v) is 27.5. The molecule has 15 heteroatoms. The van der Waals surface area contributed by atoms with Crippen molar-refractivity contribution in [1.29, 1.82) is 0 Å². The summed E-state index contributed by atoms with van der Waals surface area (Å²) < 4.78 is 73.6. The Morgan fingerprint density at radius 3 is 2.04 bits per heavy atom. The quantitative estimate of drug-likeness (QED) is 0.323. The van der Waals surface area contributed by atoms with Crippen molar-refractivity contribution in [2.24, 2.45) is 5.73 Å². The maximum Gasteiger partial charge on any atom is 0.490 e. The fourth-order valence-electron chi connectivity index (χ4n) is 6.15. The second-order valence-electron chi connectivity index (χ2n) is 12.2. The first kappa shape index (κ1) is 35.7. The molecular formula is C33H37ClF3N3O7S. The largest absolute Gasteiger partial charge is 0.490 e. The van der Waals surface area contributed by atoms with E-state index in [1.807, 2.05) is 24.3 Å². The molecule has 2 atom stereocenters. The molecule has 2 heterocycles. The van der Waals surface area contributed by atoms with Crippen molar-refractivity contribution < 1.29 is 45.8 Å². The van der Waals surface area contributed by atoms with E-state index in [0.29, 0.717) is 36.7 Å². The summed E-state index contributed by atoms with van der Waals surface area (Å²) in [5.74, 6) is -1.58. The summed E-state index contributed by atoms with van der Waals surface area (Å²) in [5.41, 5.74) is 6.06. The predicted molar refractivity (Wildman–Crippen MR) is 172 cm³/mol. The molecule has 10 nitrogen and oxygen atoms in total. The van der Waals surface area contributed by atoms with Gasteiger partial charge >= 0.3 is 12.1 Å². The number of nitrogens with zero attached hydrogens (tertiary/aromatic N) is 2. The van der Waals surface area contributed by atoms with E-state index >= 15 is 0 Å². The molecule has 0 spiro atoms. The molecule has 3 fully saturated rings. The van der Waals surface area contributed by atoms with Crippen LogP contribution in [-0.2, 0) is 19.6 Å². The number of ether oxygens (including phenoxy) is 2. The molecule has 3 N–H and O–H groups in total. The molecule has 1 amide bonds. The zero-order valence-electron chi connectivity index (χ0n) is 25.9. The first-order valence-electron chi connectivity index (χ1n) is 15.7. The molecule has 0 bridgehead atoms. The molecule has 3 aromatic rings. The number of aliphatic carboxylic acids is 1. The lowest BCUT2D eigenvalue weighted by molar-refractivity contribution is -0.192. The number of rotatable bonds is 7. The minimum absolute atomic E-state index is 0.0603. The van der Waals surface area contributed by atoms with Crippen LogP contribution >= 0.6 is 11.6 Å². The summed E-state index contributed by atoms with van der Waals surface area (Å²) in [4.78, 5) is 24.5. The normalized spacial score (nSPS) is 21.1. The number of likely N-dealkylation sites (tertiary alicyclic amines) is 1. The van der Waals surface area contributed by atoms with Crippen molar-refractivity contribution in [1.82, 2.24) is 9.21 Å². The highest BCUT2D eigenvalue weighted by atomic mass is 35.5. The molecule has 0 radical (unpaired) electrons. The van der Waals surface area contributed by atoms with Crippen LogP contribution in [0.15, 0.2) is 65.6 Å². The lowest BCUT2D eigenvalue weighted by Crippen LogP contribution is -2.51. The van der Waals surface area contributed by atoms with Gasteiger partial charge in [-0.25, -0.2) is 13.2 Å². The molecule has 260 valence electrons. The molecule has 2 aliphatic heterocycles. The van der Waals surface area contributed by atoms with Crippen LogP contribution in [0.5, 0.6) is 11.5 Å². The summed E-state index contributed by atoms with van der Waals surface area (Å²) >= 11 is 6.02. The van der Waals surface area contributed by atoms with Crippen molar-refractivity contribution in [3.63, 3.8) is 0 Å². The fraction of sp³-hybridized carbons (Fsp3) is 0.455. The average molecular weight is 712 g/mol. The molecular weight excluding hydrogens is 675 g/mol. The van der Waals surface area contributed by atoms with Crippen LogP contribution in [0.25, 0.3) is 10.8 Å². The summed E-state index contributed by atoms with van der Waals surface area (Å²) in [5, 5.41) is 9.41. The van der Waals surface area contributed by atoms with E-state index in [4.69, 9.17) is 36.7 Å². The third kappa shape index (κ3) is 8.70. The smallest absolute Gasteiger partial charge is 0.490 e. The van der Waals surface area contributed by atoms with E-state index in [-0.39, 0.29) is 35.9 Å². The van der Waals surface area contributed by atoms with E-state index in [0.717, 1.165) is 29.4 Å². The lowest BCUT2D eigenvalue weighted by atomic mass is 10.0. The minimum atomic E-state index is -5.08. The van der Waals surface area contributed by atoms with Gasteiger partial charge in [-0.2, -0.15) is 17.5 Å². The molecule has 2 saturated heterocycles. The second-order valence-corrected chi connectivity index (χ2v) is 14.5. The molecule has 3 aromatic carbocycles. The van der Waals surface area contributed by atoms with Gasteiger partial charge in [0.25, 0.3) is 0 Å². The lowest BCUT2D eigenvalue weighted by Gasteiger charge is -2.34. The third-order valence-electron chi connectivity index (χ3n) is 8.71. The van der Waals surface area contributed by atoms with Gasteiger partial charge in [0, 0.05) is 30.6 Å². The van der Waals surface area contributed by atoms with Crippen LogP contribution in [0.4, 0.5) is 13.2 Å². The van der Waals surface area contributed by atoms with Crippen molar-refractivity contribution in [2.75, 3.05) is 19.6 Å². The van der Waals surface area contributed by atoms with Crippen LogP contribution in [0, 0.1) is 0 Å². The topological polar surface area (TPSA) is 139 Å². The Kier molecular flexibility index (Phi) is 11.1. The number of amides is 1. The van der Waals surface area contributed by atoms with Crippen LogP contribution in [-0.4, -0.2) is 84.7 Å². The van der Waals surface area contributed by atoms with Crippen LogP contribution in [0.2, 0.25) is 5.02 Å². The minimum Gasteiger partial charge on any atom is -0.490 e. The number of alkyl halides is 3. The monoisotopic (exact) mass is 711 g/mol. The van der Waals surface area contributed by atoms with Gasteiger partial charge in [-0.1, -0.05) is 23.7 Å². The molecule has 0 unspecified atom stereocenters. The van der Waals surface area contributed by atoms with Crippen LogP contribution in [0.3, 0.4) is 0 Å². The molecule has 1 saturated carbocycles. The summed E-state index contributed by atoms with van der Waals surface area (Å²) in [6.07, 6.45) is 0.861. The van der Waals surface area contributed by atoms with Gasteiger partial charge in [0.2, 0.25) is 15.9 Å². The zero-order chi connectivity index (χ0) is 34.6. The molecule has 1 aliphatic carbocycles. The van der Waals surface area contributed by atoms with Crippen LogP contribution < -0.4 is 15.2 Å². The number of piperidine rings is 1. The Morgan fingerprint density at radius 1 is 0.854 bits per heavy atom. The SMILES string of the molecule is NC1CCN(C(=O)[C@@H]2C[C@@H](Oc3ccc(Cl)cc3)CN2S(=O)(=O)c2ccc3cc(OC4CCCC4)ccc3c2)CC1.O=C(O)C(F)(F)F. The Morgan fingerprint density at radius 2 is 1.42 bits per heavy atom. The third-order valence-corrected chi connectivity index (χ3v) is 10.8. The number of carboxylic acids is 1. The Labute approximate surface area is 281 Å². The Bertz CT molecular complexity index is 1710. The first-order valence-corrected chi connectivity index (χ1v) is 17.5. The van der Waals surface area contributed by atoms with E-state index in [1.165, 1.54) is 17.1 Å². The summed E-state index contributed by atoms with van der Waals surface area (Å²) in [7, 11) is -4.01. The van der Waals surface area contributed by atoms with E-state index in [1.54, 1.807) is 41.3 Å². The maximum absolute atomic E-state index is 14.1. The molecule has 6 rings (SSSR count). The second kappa shape index (κ2) is 14.9. The number of carboxylic acid groups (broad SMARTS) is 1. The number of hydrogen-bond acceptors (Lipinski definition) is 7. The number of sulfonamides is 1. The molecule has 0 aromatic heterocycles. The van der Waals surface area contributed by atoms with E-state index in [2.05, 4.69) is 0 Å². The Balaban J connectivity index is 0.000000582. The maximum atomic E-state index is 14.1. The van der Waals surface area contributed by atoms with E-state index < -0.39 is 34.3 Å². The molecule has 3 aliphatic rings.